The number of terminal acetylenes is 1. The van der Waals surface area contributed by atoms with Crippen molar-refractivity contribution in [2.75, 3.05) is 11.5 Å². The van der Waals surface area contributed by atoms with Crippen molar-refractivity contribution in [2.24, 2.45) is 5.41 Å². The molecule has 1 rings (SSSR count). The second kappa shape index (κ2) is 3.72. The number of thioether (sulfide) groups is 1. The van der Waals surface area contributed by atoms with E-state index in [1.54, 1.807) is 0 Å². The van der Waals surface area contributed by atoms with Crippen LogP contribution in [0.1, 0.15) is 20.8 Å². The minimum absolute atomic E-state index is 0.176. The fourth-order valence-electron chi connectivity index (χ4n) is 1.12. The van der Waals surface area contributed by atoms with Crippen molar-refractivity contribution < 1.29 is 0 Å². The van der Waals surface area contributed by atoms with Crippen LogP contribution < -0.4 is 5.32 Å². The molecule has 0 aromatic heterocycles. The van der Waals surface area contributed by atoms with Crippen molar-refractivity contribution >= 4 is 11.8 Å². The number of hydrogen-bond donors (Lipinski definition) is 1. The molecule has 0 bridgehead atoms. The number of rotatable bonds is 2. The molecule has 2 heteroatoms. The van der Waals surface area contributed by atoms with Gasteiger partial charge in [-0.2, -0.15) is 11.8 Å². The Balaban J connectivity index is 2.41. The molecule has 1 saturated heterocycles. The van der Waals surface area contributed by atoms with Crippen LogP contribution in [0.3, 0.4) is 0 Å². The maximum atomic E-state index is 5.47. The third-order valence-electron chi connectivity index (χ3n) is 2.07. The molecule has 1 N–H and O–H groups in total. The van der Waals surface area contributed by atoms with Gasteiger partial charge >= 0.3 is 0 Å². The van der Waals surface area contributed by atoms with Crippen LogP contribution >= 0.6 is 11.8 Å². The molecule has 68 valence electrons. The SMILES string of the molecule is C#CC(NC1CSC1)C(C)(C)C. The van der Waals surface area contributed by atoms with Crippen LogP contribution in [0.5, 0.6) is 0 Å². The van der Waals surface area contributed by atoms with Crippen molar-refractivity contribution in [3.8, 4) is 12.3 Å². The van der Waals surface area contributed by atoms with E-state index in [1.807, 2.05) is 11.8 Å². The van der Waals surface area contributed by atoms with Gasteiger partial charge in [-0.15, -0.1) is 6.42 Å². The molecule has 1 aliphatic heterocycles. The molecule has 12 heavy (non-hydrogen) atoms. The highest BCUT2D eigenvalue weighted by atomic mass is 32.2. The van der Waals surface area contributed by atoms with Gasteiger partial charge in [-0.3, -0.25) is 5.32 Å². The van der Waals surface area contributed by atoms with Gasteiger partial charge in [-0.1, -0.05) is 26.7 Å². The van der Waals surface area contributed by atoms with E-state index >= 15 is 0 Å². The van der Waals surface area contributed by atoms with E-state index < -0.39 is 0 Å². The zero-order chi connectivity index (χ0) is 9.19. The minimum atomic E-state index is 0.176. The van der Waals surface area contributed by atoms with Gasteiger partial charge in [-0.05, 0) is 5.41 Å². The predicted octanol–water partition coefficient (Wildman–Crippen LogP) is 1.74. The molecule has 0 amide bonds. The molecule has 0 spiro atoms. The Kier molecular flexibility index (Phi) is 3.09. The average Bonchev–Trinajstić information content (AvgIpc) is 1.82. The molecule has 1 aliphatic rings. The smallest absolute Gasteiger partial charge is 0.0738 e. The Bertz CT molecular complexity index is 183. The summed E-state index contributed by atoms with van der Waals surface area (Å²) in [6.45, 7) is 6.53. The van der Waals surface area contributed by atoms with Crippen molar-refractivity contribution in [3.63, 3.8) is 0 Å². The Morgan fingerprint density at radius 2 is 2.08 bits per heavy atom. The molecule has 1 atom stereocenters. The Morgan fingerprint density at radius 3 is 2.33 bits per heavy atom. The minimum Gasteiger partial charge on any atom is -0.299 e. The van der Waals surface area contributed by atoms with Crippen LogP contribution in [0.2, 0.25) is 0 Å². The van der Waals surface area contributed by atoms with Crippen molar-refractivity contribution in [1.82, 2.24) is 5.32 Å². The Labute approximate surface area is 79.7 Å². The molecule has 0 aliphatic carbocycles. The first-order valence-corrected chi connectivity index (χ1v) is 5.49. The van der Waals surface area contributed by atoms with Gasteiger partial charge in [0, 0.05) is 17.5 Å². The van der Waals surface area contributed by atoms with Crippen molar-refractivity contribution in [3.05, 3.63) is 0 Å². The summed E-state index contributed by atoms with van der Waals surface area (Å²) in [5.41, 5.74) is 0.176. The fraction of sp³-hybridized carbons (Fsp3) is 0.800. The van der Waals surface area contributed by atoms with Gasteiger partial charge in [0.1, 0.15) is 0 Å². The van der Waals surface area contributed by atoms with E-state index in [4.69, 9.17) is 6.42 Å². The lowest BCUT2D eigenvalue weighted by molar-refractivity contribution is 0.306. The average molecular weight is 183 g/mol. The zero-order valence-electron chi connectivity index (χ0n) is 8.05. The van der Waals surface area contributed by atoms with Crippen molar-refractivity contribution in [1.29, 1.82) is 0 Å². The summed E-state index contributed by atoms with van der Waals surface area (Å²) < 4.78 is 0. The third-order valence-corrected chi connectivity index (χ3v) is 3.35. The first kappa shape index (κ1) is 9.95. The van der Waals surface area contributed by atoms with E-state index in [-0.39, 0.29) is 11.5 Å². The van der Waals surface area contributed by atoms with Gasteiger partial charge in [-0.25, -0.2) is 0 Å². The van der Waals surface area contributed by atoms with Gasteiger partial charge in [0.2, 0.25) is 0 Å². The first-order chi connectivity index (χ1) is 5.54. The third kappa shape index (κ3) is 2.43. The normalized spacial score (nSPS) is 21.2. The Hall–Kier alpha value is -0.130. The second-order valence-electron chi connectivity index (χ2n) is 4.37. The van der Waals surface area contributed by atoms with Gasteiger partial charge in [0.05, 0.1) is 6.04 Å². The lowest BCUT2D eigenvalue weighted by Gasteiger charge is -2.34. The molecule has 1 nitrogen and oxygen atoms in total. The van der Waals surface area contributed by atoms with E-state index in [0.717, 1.165) is 0 Å². The molecule has 1 fully saturated rings. The lowest BCUT2D eigenvalue weighted by Crippen LogP contribution is -2.50. The first-order valence-electron chi connectivity index (χ1n) is 4.34. The number of hydrogen-bond acceptors (Lipinski definition) is 2. The number of nitrogens with one attached hydrogen (secondary N) is 1. The van der Waals surface area contributed by atoms with E-state index in [1.165, 1.54) is 11.5 Å². The molecular weight excluding hydrogens is 166 g/mol. The zero-order valence-corrected chi connectivity index (χ0v) is 8.87. The summed E-state index contributed by atoms with van der Waals surface area (Å²) in [7, 11) is 0. The quantitative estimate of drug-likeness (QED) is 0.654. The highest BCUT2D eigenvalue weighted by Gasteiger charge is 2.27. The van der Waals surface area contributed by atoms with Crippen LogP contribution in [0.25, 0.3) is 0 Å². The summed E-state index contributed by atoms with van der Waals surface area (Å²) in [6.07, 6.45) is 5.47. The molecule has 0 saturated carbocycles. The van der Waals surface area contributed by atoms with Crippen LogP contribution in [0, 0.1) is 17.8 Å². The van der Waals surface area contributed by atoms with Crippen LogP contribution in [-0.2, 0) is 0 Å². The highest BCUT2D eigenvalue weighted by molar-refractivity contribution is 8.00. The summed E-state index contributed by atoms with van der Waals surface area (Å²) in [4.78, 5) is 0. The van der Waals surface area contributed by atoms with E-state index in [2.05, 4.69) is 32.0 Å². The van der Waals surface area contributed by atoms with E-state index in [9.17, 15) is 0 Å². The summed E-state index contributed by atoms with van der Waals surface area (Å²) in [5.74, 6) is 5.25. The van der Waals surface area contributed by atoms with Gasteiger partial charge < -0.3 is 0 Å². The maximum Gasteiger partial charge on any atom is 0.0738 e. The molecule has 0 aromatic rings. The van der Waals surface area contributed by atoms with Gasteiger partial charge in [0.25, 0.3) is 0 Å². The largest absolute Gasteiger partial charge is 0.299 e. The molecular formula is C10H17NS. The standard InChI is InChI=1S/C10H17NS/c1-5-9(10(2,3)4)11-8-6-12-7-8/h1,8-9,11H,6-7H2,2-4H3. The highest BCUT2D eigenvalue weighted by Crippen LogP contribution is 2.23. The molecule has 1 heterocycles. The second-order valence-corrected chi connectivity index (χ2v) is 5.44. The summed E-state index contributed by atoms with van der Waals surface area (Å²) >= 11 is 1.98. The Morgan fingerprint density at radius 1 is 1.50 bits per heavy atom. The summed E-state index contributed by atoms with van der Waals surface area (Å²) in [6, 6.07) is 0.860. The maximum absolute atomic E-state index is 5.47. The van der Waals surface area contributed by atoms with Crippen molar-refractivity contribution in [2.45, 2.75) is 32.9 Å². The van der Waals surface area contributed by atoms with Crippen LogP contribution in [-0.4, -0.2) is 23.6 Å². The van der Waals surface area contributed by atoms with Crippen LogP contribution in [0.4, 0.5) is 0 Å². The van der Waals surface area contributed by atoms with Gasteiger partial charge in [0.15, 0.2) is 0 Å². The summed E-state index contributed by atoms with van der Waals surface area (Å²) in [5, 5.41) is 3.49. The molecule has 0 aromatic carbocycles. The van der Waals surface area contributed by atoms with Crippen LogP contribution in [0.15, 0.2) is 0 Å². The fourth-order valence-corrected chi connectivity index (χ4v) is 1.78. The predicted molar refractivity (Wildman–Crippen MR) is 56.3 cm³/mol. The topological polar surface area (TPSA) is 12.0 Å². The lowest BCUT2D eigenvalue weighted by atomic mass is 9.87. The monoisotopic (exact) mass is 183 g/mol. The molecule has 1 unspecified atom stereocenters. The van der Waals surface area contributed by atoms with E-state index in [0.29, 0.717) is 6.04 Å². The molecule has 0 radical (unpaired) electrons.